The molecule has 0 amide bonds. The van der Waals surface area contributed by atoms with Crippen molar-refractivity contribution < 1.29 is 0 Å². The molecule has 2 nitrogen and oxygen atoms in total. The molecular weight excluding hydrogens is 312 g/mol. The van der Waals surface area contributed by atoms with Gasteiger partial charge in [0.1, 0.15) is 0 Å². The van der Waals surface area contributed by atoms with E-state index in [4.69, 9.17) is 5.26 Å². The Balaban J connectivity index is 1.91. The number of thiophene rings is 1. The summed E-state index contributed by atoms with van der Waals surface area (Å²) in [4.78, 5) is 2.19. The topological polar surface area (TPSA) is 27.0 Å². The fourth-order valence-corrected chi connectivity index (χ4v) is 4.43. The molecule has 0 N–H and O–H groups in total. The van der Waals surface area contributed by atoms with E-state index in [-0.39, 0.29) is 0 Å². The highest BCUT2D eigenvalue weighted by Gasteiger charge is 2.13. The fraction of sp³-hybridized carbons (Fsp3) is 0.0952. The lowest BCUT2D eigenvalue weighted by Crippen LogP contribution is -2.09. The summed E-state index contributed by atoms with van der Waals surface area (Å²) in [6.45, 7) is 2.17. The monoisotopic (exact) mass is 328 g/mol. The van der Waals surface area contributed by atoms with E-state index in [0.29, 0.717) is 5.56 Å². The average Bonchev–Trinajstić information content (AvgIpc) is 3.01. The molecule has 0 atom stereocenters. The molecular formula is C21H16N2S. The van der Waals surface area contributed by atoms with Crippen molar-refractivity contribution in [3.8, 4) is 6.07 Å². The maximum absolute atomic E-state index is 8.97. The number of benzene rings is 3. The van der Waals surface area contributed by atoms with Gasteiger partial charge < -0.3 is 4.90 Å². The van der Waals surface area contributed by atoms with Crippen LogP contribution in [0.1, 0.15) is 11.1 Å². The summed E-state index contributed by atoms with van der Waals surface area (Å²) in [5, 5.41) is 11.6. The molecule has 0 aliphatic rings. The Kier molecular flexibility index (Phi) is 3.48. The predicted octanol–water partition coefficient (Wildman–Crippen LogP) is 6.00. The van der Waals surface area contributed by atoms with Crippen LogP contribution in [0.25, 0.3) is 20.2 Å². The lowest BCUT2D eigenvalue weighted by Gasteiger charge is -2.20. The lowest BCUT2D eigenvalue weighted by molar-refractivity contribution is 1.22. The van der Waals surface area contributed by atoms with Crippen LogP contribution in [0.4, 0.5) is 11.4 Å². The van der Waals surface area contributed by atoms with Gasteiger partial charge >= 0.3 is 0 Å². The molecule has 0 radical (unpaired) electrons. The lowest BCUT2D eigenvalue weighted by atomic mass is 10.1. The van der Waals surface area contributed by atoms with Crippen molar-refractivity contribution in [1.82, 2.24) is 0 Å². The second-order valence-electron chi connectivity index (χ2n) is 5.93. The van der Waals surface area contributed by atoms with Crippen LogP contribution in [0.5, 0.6) is 0 Å². The van der Waals surface area contributed by atoms with Gasteiger partial charge in [-0.1, -0.05) is 30.3 Å². The minimum absolute atomic E-state index is 0.683. The van der Waals surface area contributed by atoms with E-state index in [9.17, 15) is 0 Å². The van der Waals surface area contributed by atoms with E-state index in [1.54, 1.807) is 0 Å². The van der Waals surface area contributed by atoms with E-state index >= 15 is 0 Å². The van der Waals surface area contributed by atoms with Crippen LogP contribution >= 0.6 is 11.3 Å². The fourth-order valence-electron chi connectivity index (χ4n) is 3.11. The highest BCUT2D eigenvalue weighted by molar-refractivity contribution is 7.26. The summed E-state index contributed by atoms with van der Waals surface area (Å²) in [6.07, 6.45) is 0. The van der Waals surface area contributed by atoms with Gasteiger partial charge in [0.25, 0.3) is 0 Å². The van der Waals surface area contributed by atoms with Gasteiger partial charge in [-0.15, -0.1) is 11.3 Å². The van der Waals surface area contributed by atoms with E-state index in [1.807, 2.05) is 35.6 Å². The second-order valence-corrected chi connectivity index (χ2v) is 6.95. The van der Waals surface area contributed by atoms with E-state index in [1.165, 1.54) is 31.4 Å². The van der Waals surface area contributed by atoms with E-state index in [2.05, 4.69) is 61.3 Å². The van der Waals surface area contributed by atoms with Gasteiger partial charge in [-0.05, 0) is 42.8 Å². The molecule has 4 rings (SSSR count). The number of rotatable bonds is 2. The second kappa shape index (κ2) is 5.67. The molecule has 0 aliphatic carbocycles. The molecule has 0 saturated carbocycles. The molecule has 1 heterocycles. The third kappa shape index (κ3) is 2.24. The third-order valence-corrected chi connectivity index (χ3v) is 5.82. The van der Waals surface area contributed by atoms with Crippen LogP contribution in [-0.2, 0) is 0 Å². The minimum atomic E-state index is 0.683. The number of fused-ring (bicyclic) bond motifs is 3. The minimum Gasteiger partial charge on any atom is -0.343 e. The molecule has 0 aliphatic heterocycles. The number of aryl methyl sites for hydroxylation is 1. The largest absolute Gasteiger partial charge is 0.343 e. The van der Waals surface area contributed by atoms with Gasteiger partial charge in [0.15, 0.2) is 0 Å². The molecule has 0 saturated heterocycles. The Morgan fingerprint density at radius 2 is 1.54 bits per heavy atom. The normalized spacial score (nSPS) is 10.9. The Morgan fingerprint density at radius 1 is 0.875 bits per heavy atom. The standard InChI is InChI=1S/C21H16N2S/c1-14-5-3-6-17-18-7-4-8-19(21(18)24-20(14)17)23(2)16-11-9-15(13-22)10-12-16/h3-12H,1-2H3. The Morgan fingerprint density at radius 3 is 2.25 bits per heavy atom. The molecule has 3 heteroatoms. The third-order valence-electron chi connectivity index (χ3n) is 4.45. The molecule has 24 heavy (non-hydrogen) atoms. The molecule has 1 aromatic heterocycles. The first kappa shape index (κ1) is 14.7. The smallest absolute Gasteiger partial charge is 0.0991 e. The summed E-state index contributed by atoms with van der Waals surface area (Å²) in [7, 11) is 2.08. The average molecular weight is 328 g/mol. The van der Waals surface area contributed by atoms with Crippen molar-refractivity contribution in [2.75, 3.05) is 11.9 Å². The molecule has 4 aromatic rings. The highest BCUT2D eigenvalue weighted by Crippen LogP contribution is 2.41. The van der Waals surface area contributed by atoms with Crippen molar-refractivity contribution in [3.63, 3.8) is 0 Å². The Bertz CT molecular complexity index is 1080. The van der Waals surface area contributed by atoms with Crippen LogP contribution in [0.3, 0.4) is 0 Å². The Labute approximate surface area is 145 Å². The van der Waals surface area contributed by atoms with Gasteiger partial charge in [0.2, 0.25) is 0 Å². The van der Waals surface area contributed by atoms with Gasteiger partial charge in [0, 0.05) is 28.2 Å². The zero-order valence-electron chi connectivity index (χ0n) is 13.6. The van der Waals surface area contributed by atoms with Gasteiger partial charge in [-0.2, -0.15) is 5.26 Å². The number of hydrogen-bond acceptors (Lipinski definition) is 3. The quantitative estimate of drug-likeness (QED) is 0.451. The van der Waals surface area contributed by atoms with Crippen LogP contribution in [-0.4, -0.2) is 7.05 Å². The first-order chi connectivity index (χ1) is 11.7. The highest BCUT2D eigenvalue weighted by atomic mass is 32.1. The molecule has 0 unspecified atom stereocenters. The van der Waals surface area contributed by atoms with Crippen molar-refractivity contribution in [2.24, 2.45) is 0 Å². The molecule has 0 bridgehead atoms. The first-order valence-electron chi connectivity index (χ1n) is 7.84. The summed E-state index contributed by atoms with van der Waals surface area (Å²) >= 11 is 1.85. The van der Waals surface area contributed by atoms with Crippen molar-refractivity contribution in [3.05, 3.63) is 71.8 Å². The predicted molar refractivity (Wildman–Crippen MR) is 103 cm³/mol. The first-order valence-corrected chi connectivity index (χ1v) is 8.65. The van der Waals surface area contributed by atoms with Crippen LogP contribution in [0.15, 0.2) is 60.7 Å². The number of nitrogens with zero attached hydrogens (tertiary/aromatic N) is 2. The van der Waals surface area contributed by atoms with Crippen LogP contribution < -0.4 is 4.90 Å². The van der Waals surface area contributed by atoms with E-state index in [0.717, 1.165) is 5.69 Å². The molecule has 3 aromatic carbocycles. The van der Waals surface area contributed by atoms with Gasteiger partial charge in [0.05, 0.1) is 22.0 Å². The molecule has 116 valence electrons. The SMILES string of the molecule is Cc1cccc2c1sc1c(N(C)c3ccc(C#N)cc3)cccc12. The van der Waals surface area contributed by atoms with Gasteiger partial charge in [-0.25, -0.2) is 0 Å². The van der Waals surface area contributed by atoms with Crippen LogP contribution in [0.2, 0.25) is 0 Å². The Hall–Kier alpha value is -2.83. The maximum atomic E-state index is 8.97. The molecule has 0 fully saturated rings. The van der Waals surface area contributed by atoms with E-state index < -0.39 is 0 Å². The zero-order valence-corrected chi connectivity index (χ0v) is 14.4. The van der Waals surface area contributed by atoms with Crippen molar-refractivity contribution in [2.45, 2.75) is 6.92 Å². The number of hydrogen-bond donors (Lipinski definition) is 0. The van der Waals surface area contributed by atoms with Gasteiger partial charge in [-0.3, -0.25) is 0 Å². The van der Waals surface area contributed by atoms with Crippen molar-refractivity contribution in [1.29, 1.82) is 5.26 Å². The maximum Gasteiger partial charge on any atom is 0.0991 e. The summed E-state index contributed by atoms with van der Waals surface area (Å²) in [5.41, 5.74) is 4.28. The number of anilines is 2. The summed E-state index contributed by atoms with van der Waals surface area (Å²) < 4.78 is 2.65. The van der Waals surface area contributed by atoms with Crippen molar-refractivity contribution >= 4 is 42.9 Å². The van der Waals surface area contributed by atoms with Crippen LogP contribution in [0, 0.1) is 18.3 Å². The number of nitriles is 1. The zero-order chi connectivity index (χ0) is 16.7. The summed E-state index contributed by atoms with van der Waals surface area (Å²) in [6, 6.07) is 22.9. The molecule has 0 spiro atoms. The summed E-state index contributed by atoms with van der Waals surface area (Å²) in [5.74, 6) is 0.